The first-order valence-electron chi connectivity index (χ1n) is 5.69. The molecule has 0 bridgehead atoms. The number of nitrogens with zero attached hydrogens (tertiary/aromatic N) is 1. The molecule has 0 aliphatic carbocycles. The lowest BCUT2D eigenvalue weighted by Crippen LogP contribution is -2.55. The zero-order valence-corrected chi connectivity index (χ0v) is 11.8. The van der Waals surface area contributed by atoms with E-state index in [-0.39, 0.29) is 17.2 Å². The Bertz CT molecular complexity index is 444. The second-order valence-corrected chi connectivity index (χ2v) is 5.60. The number of hydrogen-bond donors (Lipinski definition) is 0. The number of carbonyl (C=O) groups excluding carboxylic acids is 1. The van der Waals surface area contributed by atoms with E-state index in [1.807, 2.05) is 13.8 Å². The van der Waals surface area contributed by atoms with E-state index >= 15 is 0 Å². The van der Waals surface area contributed by atoms with Gasteiger partial charge in [0.15, 0.2) is 0 Å². The lowest BCUT2D eigenvalue weighted by molar-refractivity contribution is -0.117. The molecule has 6 heteroatoms. The molecular weight excluding hydrogens is 277 g/mol. The molecular formula is C12H15Cl2NO3. The zero-order chi connectivity index (χ0) is 13.3. The molecule has 0 saturated carbocycles. The summed E-state index contributed by atoms with van der Waals surface area (Å²) < 4.78 is 10.7. The van der Waals surface area contributed by atoms with E-state index in [9.17, 15) is 4.79 Å². The molecule has 0 radical (unpaired) electrons. The Morgan fingerprint density at radius 1 is 1.61 bits per heavy atom. The van der Waals surface area contributed by atoms with Crippen molar-refractivity contribution in [3.63, 3.8) is 0 Å². The number of amides is 1. The van der Waals surface area contributed by atoms with Crippen molar-refractivity contribution in [2.75, 3.05) is 19.0 Å². The maximum Gasteiger partial charge on any atom is 0.258 e. The number of furan rings is 1. The van der Waals surface area contributed by atoms with Crippen molar-refractivity contribution in [3.05, 3.63) is 23.1 Å². The van der Waals surface area contributed by atoms with Crippen LogP contribution in [0.1, 0.15) is 24.2 Å². The minimum atomic E-state index is -0.413. The van der Waals surface area contributed by atoms with Crippen LogP contribution in [0.5, 0.6) is 0 Å². The lowest BCUT2D eigenvalue weighted by atomic mass is 10.0. The van der Waals surface area contributed by atoms with Crippen molar-refractivity contribution >= 4 is 29.1 Å². The van der Waals surface area contributed by atoms with Gasteiger partial charge in [-0.15, -0.1) is 11.6 Å². The molecule has 1 amide bonds. The largest absolute Gasteiger partial charge is 0.452 e. The number of alkyl halides is 1. The minimum absolute atomic E-state index is 0.117. The van der Waals surface area contributed by atoms with Crippen LogP contribution < -0.4 is 0 Å². The predicted molar refractivity (Wildman–Crippen MR) is 69.3 cm³/mol. The van der Waals surface area contributed by atoms with Crippen molar-refractivity contribution in [1.82, 2.24) is 4.90 Å². The number of morpholine rings is 1. The highest BCUT2D eigenvalue weighted by Crippen LogP contribution is 2.25. The smallest absolute Gasteiger partial charge is 0.258 e. The van der Waals surface area contributed by atoms with E-state index in [1.54, 1.807) is 11.0 Å². The topological polar surface area (TPSA) is 42.7 Å². The molecule has 0 spiro atoms. The van der Waals surface area contributed by atoms with Gasteiger partial charge in [0.25, 0.3) is 5.91 Å². The molecule has 2 heterocycles. The van der Waals surface area contributed by atoms with E-state index in [0.717, 1.165) is 0 Å². The maximum atomic E-state index is 12.3. The van der Waals surface area contributed by atoms with Crippen LogP contribution >= 0.6 is 23.2 Å². The van der Waals surface area contributed by atoms with Gasteiger partial charge >= 0.3 is 0 Å². The van der Waals surface area contributed by atoms with Crippen LogP contribution in [0, 0.1) is 0 Å². The summed E-state index contributed by atoms with van der Waals surface area (Å²) in [5, 5.41) is 0.117. The second-order valence-electron chi connectivity index (χ2n) is 4.95. The lowest BCUT2D eigenvalue weighted by Gasteiger charge is -2.42. The Morgan fingerprint density at radius 2 is 2.33 bits per heavy atom. The van der Waals surface area contributed by atoms with Crippen LogP contribution in [0.15, 0.2) is 16.7 Å². The van der Waals surface area contributed by atoms with Crippen molar-refractivity contribution in [2.24, 2.45) is 0 Å². The number of hydrogen-bond acceptors (Lipinski definition) is 3. The molecule has 0 aromatic carbocycles. The third-order valence-corrected chi connectivity index (χ3v) is 3.43. The number of rotatable bonds is 2. The average molecular weight is 292 g/mol. The van der Waals surface area contributed by atoms with Gasteiger partial charge in [-0.3, -0.25) is 4.79 Å². The summed E-state index contributed by atoms with van der Waals surface area (Å²) in [7, 11) is 0. The van der Waals surface area contributed by atoms with Crippen molar-refractivity contribution < 1.29 is 13.9 Å². The highest BCUT2D eigenvalue weighted by Gasteiger charge is 2.36. The monoisotopic (exact) mass is 291 g/mol. The van der Waals surface area contributed by atoms with Gasteiger partial charge in [-0.2, -0.15) is 0 Å². The summed E-state index contributed by atoms with van der Waals surface area (Å²) in [5.74, 6) is 0.201. The van der Waals surface area contributed by atoms with E-state index in [2.05, 4.69) is 0 Å². The number of halogens is 2. The molecule has 18 heavy (non-hydrogen) atoms. The van der Waals surface area contributed by atoms with Crippen LogP contribution in [-0.4, -0.2) is 41.5 Å². The fraction of sp³-hybridized carbons (Fsp3) is 0.583. The third-order valence-electron chi connectivity index (χ3n) is 2.79. The Morgan fingerprint density at radius 3 is 2.89 bits per heavy atom. The molecule has 100 valence electrons. The predicted octanol–water partition coefficient (Wildman–Crippen LogP) is 2.79. The first-order chi connectivity index (χ1) is 8.43. The van der Waals surface area contributed by atoms with Gasteiger partial charge in [-0.05, 0) is 31.5 Å². The molecule has 1 aromatic heterocycles. The Balaban J connectivity index is 2.17. The van der Waals surface area contributed by atoms with E-state index in [0.29, 0.717) is 24.5 Å². The first-order valence-corrected chi connectivity index (χ1v) is 6.60. The van der Waals surface area contributed by atoms with Gasteiger partial charge in [0.05, 0.1) is 29.4 Å². The quantitative estimate of drug-likeness (QED) is 0.787. The summed E-state index contributed by atoms with van der Waals surface area (Å²) in [6, 6.07) is 1.57. The first kappa shape index (κ1) is 13.7. The standard InChI is InChI=1S/C12H15Cl2NO3/c1-12(2)7-15(6-8(5-13)18-12)11(16)9-3-4-17-10(9)14/h3-4,8H,5-7H2,1-2H3. The summed E-state index contributed by atoms with van der Waals surface area (Å²) >= 11 is 11.6. The molecule has 1 aliphatic rings. The van der Waals surface area contributed by atoms with E-state index in [1.165, 1.54) is 6.26 Å². The van der Waals surface area contributed by atoms with Gasteiger partial charge in [0, 0.05) is 13.1 Å². The van der Waals surface area contributed by atoms with Gasteiger partial charge in [-0.25, -0.2) is 0 Å². The zero-order valence-electron chi connectivity index (χ0n) is 10.3. The van der Waals surface area contributed by atoms with Crippen LogP contribution in [0.2, 0.25) is 5.22 Å². The molecule has 0 N–H and O–H groups in total. The third kappa shape index (κ3) is 2.82. The van der Waals surface area contributed by atoms with Gasteiger partial charge in [-0.1, -0.05) is 0 Å². The molecule has 4 nitrogen and oxygen atoms in total. The molecule has 1 saturated heterocycles. The second kappa shape index (κ2) is 5.11. The van der Waals surface area contributed by atoms with Crippen LogP contribution in [0.4, 0.5) is 0 Å². The van der Waals surface area contributed by atoms with E-state index in [4.69, 9.17) is 32.4 Å². The van der Waals surface area contributed by atoms with E-state index < -0.39 is 5.60 Å². The van der Waals surface area contributed by atoms with Crippen LogP contribution in [0.25, 0.3) is 0 Å². The van der Waals surface area contributed by atoms with Crippen LogP contribution in [-0.2, 0) is 4.74 Å². The van der Waals surface area contributed by atoms with Gasteiger partial charge < -0.3 is 14.1 Å². The highest BCUT2D eigenvalue weighted by molar-refractivity contribution is 6.32. The minimum Gasteiger partial charge on any atom is -0.452 e. The average Bonchev–Trinajstić information content (AvgIpc) is 2.72. The summed E-state index contributed by atoms with van der Waals surface area (Å²) in [6.07, 6.45) is 1.24. The highest BCUT2D eigenvalue weighted by atomic mass is 35.5. The van der Waals surface area contributed by atoms with Crippen LogP contribution in [0.3, 0.4) is 0 Å². The number of carbonyl (C=O) groups is 1. The molecule has 1 aromatic rings. The van der Waals surface area contributed by atoms with Gasteiger partial charge in [0.2, 0.25) is 5.22 Å². The maximum absolute atomic E-state index is 12.3. The molecule has 1 unspecified atom stereocenters. The summed E-state index contributed by atoms with van der Waals surface area (Å²) in [6.45, 7) is 4.83. The van der Waals surface area contributed by atoms with Crippen molar-refractivity contribution in [2.45, 2.75) is 25.6 Å². The Labute approximate surface area is 116 Å². The molecule has 1 fully saturated rings. The summed E-state index contributed by atoms with van der Waals surface area (Å²) in [5.41, 5.74) is -0.0355. The Hall–Kier alpha value is -0.710. The Kier molecular flexibility index (Phi) is 3.90. The van der Waals surface area contributed by atoms with Crippen molar-refractivity contribution in [1.29, 1.82) is 0 Å². The van der Waals surface area contributed by atoms with Gasteiger partial charge in [0.1, 0.15) is 0 Å². The SMILES string of the molecule is CC1(C)CN(C(=O)c2ccoc2Cl)CC(CCl)O1. The molecule has 2 rings (SSSR count). The number of ether oxygens (including phenoxy) is 1. The molecule has 1 aliphatic heterocycles. The normalized spacial score (nSPS) is 23.1. The summed E-state index contributed by atoms with van der Waals surface area (Å²) in [4.78, 5) is 14.0. The molecule has 1 atom stereocenters. The van der Waals surface area contributed by atoms with Crippen molar-refractivity contribution in [3.8, 4) is 0 Å². The fourth-order valence-electron chi connectivity index (χ4n) is 2.15. The fourth-order valence-corrected chi connectivity index (χ4v) is 2.50.